The highest BCUT2D eigenvalue weighted by molar-refractivity contribution is 6.50. The molecule has 0 aliphatic rings. The van der Waals surface area contributed by atoms with Crippen LogP contribution in [-0.4, -0.2) is 20.0 Å². The molecule has 0 radical (unpaired) electrons. The summed E-state index contributed by atoms with van der Waals surface area (Å²) in [4.78, 5) is -0.186. The Bertz CT molecular complexity index is 70.0. The highest BCUT2D eigenvalue weighted by Crippen LogP contribution is 2.07. The first-order chi connectivity index (χ1) is 4.16. The van der Waals surface area contributed by atoms with Crippen molar-refractivity contribution in [3.8, 4) is 0 Å². The third kappa shape index (κ3) is 6.64. The van der Waals surface area contributed by atoms with Gasteiger partial charge in [0.05, 0.1) is 0 Å². The zero-order valence-electron chi connectivity index (χ0n) is 5.61. The lowest BCUT2D eigenvalue weighted by molar-refractivity contribution is 0.841. The molecule has 1 nitrogen and oxygen atoms in total. The van der Waals surface area contributed by atoms with E-state index in [9.17, 15) is 0 Å². The Balaban J connectivity index is 3.06. The maximum atomic E-state index is 5.67. The van der Waals surface area contributed by atoms with Gasteiger partial charge in [0, 0.05) is 9.52 Å². The predicted molar refractivity (Wildman–Crippen MR) is 47.1 cm³/mol. The van der Waals surface area contributed by atoms with E-state index in [4.69, 9.17) is 28.9 Å². The second-order valence-corrected chi connectivity index (χ2v) is 5.62. The lowest BCUT2D eigenvalue weighted by Gasteiger charge is -2.06. The molecule has 4 heteroatoms. The highest BCUT2D eigenvalue weighted by atomic mass is 35.5. The molecule has 0 heterocycles. The summed E-state index contributed by atoms with van der Waals surface area (Å²) in [6.45, 7) is 2.09. The quantitative estimate of drug-likeness (QED) is 0.516. The monoisotopic (exact) mass is 185 g/mol. The molecule has 0 saturated heterocycles. The Hall–Kier alpha value is 0.757. The summed E-state index contributed by atoms with van der Waals surface area (Å²) in [6.07, 6.45) is 1.06. The number of hydrogen-bond acceptors (Lipinski definition) is 1. The Morgan fingerprint density at radius 2 is 2.11 bits per heavy atom. The van der Waals surface area contributed by atoms with Crippen molar-refractivity contribution in [2.24, 2.45) is 5.73 Å². The van der Waals surface area contributed by atoms with Crippen LogP contribution in [-0.2, 0) is 0 Å². The topological polar surface area (TPSA) is 26.0 Å². The van der Waals surface area contributed by atoms with Crippen molar-refractivity contribution >= 4 is 32.7 Å². The smallest absolute Gasteiger partial charge is 0.105 e. The van der Waals surface area contributed by atoms with Gasteiger partial charge in [0.1, 0.15) is 4.84 Å². The molecule has 0 aliphatic carbocycles. The van der Waals surface area contributed by atoms with Gasteiger partial charge < -0.3 is 5.73 Å². The minimum Gasteiger partial charge on any atom is -0.331 e. The van der Waals surface area contributed by atoms with Gasteiger partial charge in [-0.1, -0.05) is 6.92 Å². The molecule has 0 rings (SSSR count). The number of hydrogen-bond donors (Lipinski definition) is 1. The van der Waals surface area contributed by atoms with E-state index < -0.39 is 0 Å². The molecule has 0 amide bonds. The first kappa shape index (κ1) is 9.76. The molecule has 1 atom stereocenters. The van der Waals surface area contributed by atoms with Crippen LogP contribution in [0.4, 0.5) is 0 Å². The van der Waals surface area contributed by atoms with E-state index in [1.807, 2.05) is 0 Å². The molecule has 0 fully saturated rings. The Morgan fingerprint density at radius 3 is 2.44 bits per heavy atom. The van der Waals surface area contributed by atoms with E-state index in [-0.39, 0.29) is 14.4 Å². The molecule has 0 spiro atoms. The first-order valence-corrected chi connectivity index (χ1v) is 5.89. The normalized spacial score (nSPS) is 15.7. The highest BCUT2D eigenvalue weighted by Gasteiger charge is 2.03. The zero-order valence-corrected chi connectivity index (χ0v) is 8.54. The van der Waals surface area contributed by atoms with E-state index in [1.165, 1.54) is 0 Å². The van der Waals surface area contributed by atoms with E-state index in [0.717, 1.165) is 12.5 Å². The van der Waals surface area contributed by atoms with Crippen molar-refractivity contribution < 1.29 is 0 Å². The molecule has 0 bridgehead atoms. The Morgan fingerprint density at radius 1 is 1.56 bits per heavy atom. The number of alkyl halides is 2. The average molecular weight is 186 g/mol. The largest absolute Gasteiger partial charge is 0.331 e. The van der Waals surface area contributed by atoms with Crippen molar-refractivity contribution in [2.45, 2.75) is 29.9 Å². The van der Waals surface area contributed by atoms with Gasteiger partial charge in [-0.3, -0.25) is 0 Å². The van der Waals surface area contributed by atoms with Crippen LogP contribution in [0.15, 0.2) is 0 Å². The molecule has 2 N–H and O–H groups in total. The van der Waals surface area contributed by atoms with Gasteiger partial charge in [-0.2, -0.15) is 0 Å². The molecular weight excluding hydrogens is 173 g/mol. The van der Waals surface area contributed by atoms with Gasteiger partial charge in [0.25, 0.3) is 0 Å². The summed E-state index contributed by atoms with van der Waals surface area (Å²) < 4.78 is 0. The molecule has 0 saturated carbocycles. The fraction of sp³-hybridized carbons (Fsp3) is 1.00. The van der Waals surface area contributed by atoms with Gasteiger partial charge in [0.2, 0.25) is 0 Å². The maximum Gasteiger partial charge on any atom is 0.105 e. The van der Waals surface area contributed by atoms with Crippen LogP contribution in [0, 0.1) is 0 Å². The number of rotatable bonds is 4. The SMILES string of the molecule is CCC(N)[SiH2]CC(Cl)Cl. The second kappa shape index (κ2) is 5.53. The van der Waals surface area contributed by atoms with Gasteiger partial charge in [-0.15, -0.1) is 23.2 Å². The number of halogens is 2. The van der Waals surface area contributed by atoms with Crippen molar-refractivity contribution in [3.63, 3.8) is 0 Å². The van der Waals surface area contributed by atoms with Crippen molar-refractivity contribution in [1.82, 2.24) is 0 Å². The fourth-order valence-corrected chi connectivity index (χ4v) is 2.39. The fourth-order valence-electron chi connectivity index (χ4n) is 0.544. The molecule has 9 heavy (non-hydrogen) atoms. The van der Waals surface area contributed by atoms with Gasteiger partial charge in [-0.25, -0.2) is 0 Å². The minimum atomic E-state index is -0.198. The van der Waals surface area contributed by atoms with Crippen LogP contribution >= 0.6 is 23.2 Å². The molecule has 56 valence electrons. The van der Waals surface area contributed by atoms with Crippen LogP contribution in [0.1, 0.15) is 13.3 Å². The lowest BCUT2D eigenvalue weighted by atomic mass is 10.5. The van der Waals surface area contributed by atoms with E-state index >= 15 is 0 Å². The van der Waals surface area contributed by atoms with Crippen molar-refractivity contribution in [1.29, 1.82) is 0 Å². The zero-order chi connectivity index (χ0) is 7.28. The molecule has 0 aliphatic heterocycles. The van der Waals surface area contributed by atoms with Gasteiger partial charge in [-0.05, 0) is 18.1 Å². The van der Waals surface area contributed by atoms with Crippen LogP contribution in [0.25, 0.3) is 0 Å². The first-order valence-electron chi connectivity index (χ1n) is 3.20. The van der Waals surface area contributed by atoms with Crippen LogP contribution in [0.2, 0.25) is 6.04 Å². The van der Waals surface area contributed by atoms with Gasteiger partial charge in [0.15, 0.2) is 0 Å². The van der Waals surface area contributed by atoms with E-state index in [2.05, 4.69) is 6.92 Å². The summed E-state index contributed by atoms with van der Waals surface area (Å²) in [7, 11) is -0.198. The predicted octanol–water partition coefficient (Wildman–Crippen LogP) is 1.07. The molecule has 0 aromatic carbocycles. The summed E-state index contributed by atoms with van der Waals surface area (Å²) in [5.41, 5.74) is 6.07. The minimum absolute atomic E-state index is 0.186. The lowest BCUT2D eigenvalue weighted by Crippen LogP contribution is -2.27. The van der Waals surface area contributed by atoms with Crippen molar-refractivity contribution in [3.05, 3.63) is 0 Å². The maximum absolute atomic E-state index is 5.67. The standard InChI is InChI=1S/C5H13Cl2NSi/c1-2-5(8)9-3-4(6)7/h4-5H,2-3,8-9H2,1H3. The summed E-state index contributed by atoms with van der Waals surface area (Å²) in [5.74, 6) is 0. The van der Waals surface area contributed by atoms with E-state index in [1.54, 1.807) is 0 Å². The molecule has 0 aromatic rings. The Labute approximate surface area is 68.7 Å². The summed E-state index contributed by atoms with van der Waals surface area (Å²) >= 11 is 11.0. The Kier molecular flexibility index (Phi) is 6.00. The summed E-state index contributed by atoms with van der Waals surface area (Å²) in [6, 6.07) is 0.943. The van der Waals surface area contributed by atoms with Crippen LogP contribution in [0.5, 0.6) is 0 Å². The molecule has 0 aromatic heterocycles. The second-order valence-electron chi connectivity index (χ2n) is 2.14. The summed E-state index contributed by atoms with van der Waals surface area (Å²) in [5, 5.41) is 0. The molecule has 1 unspecified atom stereocenters. The molecular formula is C5H13Cl2NSi. The van der Waals surface area contributed by atoms with E-state index in [0.29, 0.717) is 5.67 Å². The number of nitrogens with two attached hydrogens (primary N) is 1. The third-order valence-electron chi connectivity index (χ3n) is 1.28. The van der Waals surface area contributed by atoms with Crippen LogP contribution in [0.3, 0.4) is 0 Å². The average Bonchev–Trinajstić information content (AvgIpc) is 1.83. The van der Waals surface area contributed by atoms with Gasteiger partial charge >= 0.3 is 0 Å². The van der Waals surface area contributed by atoms with Crippen LogP contribution < -0.4 is 5.73 Å². The van der Waals surface area contributed by atoms with Crippen molar-refractivity contribution in [2.75, 3.05) is 0 Å². The third-order valence-corrected chi connectivity index (χ3v) is 4.68.